The van der Waals surface area contributed by atoms with Crippen molar-refractivity contribution < 1.29 is 9.52 Å². The quantitative estimate of drug-likeness (QED) is 0.721. The van der Waals surface area contributed by atoms with E-state index in [-0.39, 0.29) is 12.3 Å². The van der Waals surface area contributed by atoms with Crippen LogP contribution in [0.5, 0.6) is 5.75 Å². The second-order valence-electron chi connectivity index (χ2n) is 4.89. The highest BCUT2D eigenvalue weighted by Gasteiger charge is 2.18. The fourth-order valence-electron chi connectivity index (χ4n) is 2.29. The summed E-state index contributed by atoms with van der Waals surface area (Å²) < 4.78 is 9.18. The van der Waals surface area contributed by atoms with Crippen molar-refractivity contribution in [1.29, 1.82) is 0 Å². The number of hydrogen-bond donors (Lipinski definition) is 1. The lowest BCUT2D eigenvalue weighted by molar-refractivity contribution is 0.447. The third-order valence-electron chi connectivity index (χ3n) is 3.53. The second kappa shape index (κ2) is 4.37. The molecule has 0 amide bonds. The van der Waals surface area contributed by atoms with Gasteiger partial charge in [-0.05, 0) is 6.92 Å². The highest BCUT2D eigenvalue weighted by molar-refractivity contribution is 5.71. The molecule has 21 heavy (non-hydrogen) atoms. The van der Waals surface area contributed by atoms with E-state index in [2.05, 4.69) is 4.98 Å². The van der Waals surface area contributed by atoms with Crippen LogP contribution < -0.4 is 11.2 Å². The predicted molar refractivity (Wildman–Crippen MR) is 74.4 cm³/mol. The summed E-state index contributed by atoms with van der Waals surface area (Å²) in [4.78, 5) is 28.8. The smallest absolute Gasteiger partial charge is 0.332 e. The zero-order chi connectivity index (χ0) is 15.3. The molecule has 0 atom stereocenters. The fourth-order valence-corrected chi connectivity index (χ4v) is 2.29. The molecule has 0 aliphatic carbocycles. The molecule has 0 aromatic carbocycles. The number of aryl methyl sites for hydroxylation is 2. The van der Waals surface area contributed by atoms with Gasteiger partial charge in [0, 0.05) is 20.2 Å². The molecule has 0 unspecified atom stereocenters. The lowest BCUT2D eigenvalue weighted by Gasteiger charge is -2.07. The second-order valence-corrected chi connectivity index (χ2v) is 4.89. The third kappa shape index (κ3) is 1.87. The van der Waals surface area contributed by atoms with Crippen molar-refractivity contribution in [2.24, 2.45) is 14.1 Å². The topological polar surface area (TPSA) is 95.2 Å². The SMILES string of the molecule is Cc1nc2c(c(=O)n(C)c(=O)n2Cc2cc(O)co2)n1C. The molecule has 0 aliphatic heterocycles. The Kier molecular flexibility index (Phi) is 2.75. The van der Waals surface area contributed by atoms with Crippen LogP contribution in [-0.4, -0.2) is 23.8 Å². The number of aromatic nitrogens is 4. The molecule has 0 aliphatic rings. The predicted octanol–water partition coefficient (Wildman–Crippen LogP) is 0.0890. The zero-order valence-corrected chi connectivity index (χ0v) is 11.8. The van der Waals surface area contributed by atoms with Crippen LogP contribution in [0.15, 0.2) is 26.3 Å². The molecule has 0 fully saturated rings. The van der Waals surface area contributed by atoms with Gasteiger partial charge in [-0.2, -0.15) is 0 Å². The Hall–Kier alpha value is -2.77. The van der Waals surface area contributed by atoms with Crippen molar-refractivity contribution in [1.82, 2.24) is 18.7 Å². The molecular weight excluding hydrogens is 276 g/mol. The van der Waals surface area contributed by atoms with E-state index >= 15 is 0 Å². The van der Waals surface area contributed by atoms with Crippen molar-refractivity contribution in [2.75, 3.05) is 0 Å². The number of furan rings is 1. The Morgan fingerprint density at radius 2 is 2.00 bits per heavy atom. The summed E-state index contributed by atoms with van der Waals surface area (Å²) in [7, 11) is 3.14. The average molecular weight is 290 g/mol. The minimum Gasteiger partial charge on any atom is -0.505 e. The van der Waals surface area contributed by atoms with Crippen LogP contribution in [0, 0.1) is 6.92 Å². The van der Waals surface area contributed by atoms with Gasteiger partial charge in [0.2, 0.25) is 0 Å². The van der Waals surface area contributed by atoms with E-state index in [1.54, 1.807) is 18.5 Å². The molecule has 3 aromatic rings. The molecule has 0 radical (unpaired) electrons. The van der Waals surface area contributed by atoms with Gasteiger partial charge in [0.25, 0.3) is 5.56 Å². The molecule has 3 heterocycles. The van der Waals surface area contributed by atoms with E-state index in [0.29, 0.717) is 22.7 Å². The number of fused-ring (bicyclic) bond motifs is 1. The van der Waals surface area contributed by atoms with E-state index in [1.165, 1.54) is 23.9 Å². The Labute approximate surface area is 118 Å². The van der Waals surface area contributed by atoms with Gasteiger partial charge in [0.1, 0.15) is 17.8 Å². The number of hydrogen-bond acceptors (Lipinski definition) is 5. The van der Waals surface area contributed by atoms with Gasteiger partial charge in [-0.3, -0.25) is 13.9 Å². The number of imidazole rings is 1. The molecule has 0 saturated carbocycles. The standard InChI is InChI=1S/C13H14N4O4/c1-7-14-11-10(15(7)2)12(19)16(3)13(20)17(11)5-9-4-8(18)6-21-9/h4,6,18H,5H2,1-3H3. The molecular formula is C13H14N4O4. The summed E-state index contributed by atoms with van der Waals surface area (Å²) in [6.07, 6.45) is 1.18. The van der Waals surface area contributed by atoms with Crippen LogP contribution in [0.25, 0.3) is 11.2 Å². The van der Waals surface area contributed by atoms with E-state index in [1.807, 2.05) is 0 Å². The Morgan fingerprint density at radius 3 is 2.62 bits per heavy atom. The van der Waals surface area contributed by atoms with Gasteiger partial charge in [0.05, 0.1) is 6.54 Å². The minimum absolute atomic E-state index is 0.0173. The van der Waals surface area contributed by atoms with Crippen molar-refractivity contribution in [3.8, 4) is 5.75 Å². The van der Waals surface area contributed by atoms with Gasteiger partial charge in [0.15, 0.2) is 16.9 Å². The van der Waals surface area contributed by atoms with Crippen LogP contribution >= 0.6 is 0 Å². The average Bonchev–Trinajstić information content (AvgIpc) is 2.97. The maximum Gasteiger partial charge on any atom is 0.332 e. The first-order valence-electron chi connectivity index (χ1n) is 6.29. The van der Waals surface area contributed by atoms with Gasteiger partial charge >= 0.3 is 5.69 Å². The van der Waals surface area contributed by atoms with Crippen LogP contribution in [-0.2, 0) is 20.6 Å². The van der Waals surface area contributed by atoms with Crippen molar-refractivity contribution in [2.45, 2.75) is 13.5 Å². The van der Waals surface area contributed by atoms with Gasteiger partial charge < -0.3 is 14.1 Å². The summed E-state index contributed by atoms with van der Waals surface area (Å²) in [5.74, 6) is 1.01. The Bertz CT molecular complexity index is 957. The van der Waals surface area contributed by atoms with Crippen LogP contribution in [0.1, 0.15) is 11.6 Å². The zero-order valence-electron chi connectivity index (χ0n) is 11.8. The first-order valence-corrected chi connectivity index (χ1v) is 6.29. The maximum absolute atomic E-state index is 12.3. The van der Waals surface area contributed by atoms with E-state index in [0.717, 1.165) is 4.57 Å². The van der Waals surface area contributed by atoms with Gasteiger partial charge in [-0.15, -0.1) is 0 Å². The Balaban J connectivity index is 2.34. The molecule has 1 N–H and O–H groups in total. The monoisotopic (exact) mass is 290 g/mol. The van der Waals surface area contributed by atoms with E-state index < -0.39 is 11.2 Å². The first-order chi connectivity index (χ1) is 9.90. The molecule has 0 bridgehead atoms. The molecule has 3 rings (SSSR count). The molecule has 110 valence electrons. The summed E-state index contributed by atoms with van der Waals surface area (Å²) >= 11 is 0. The summed E-state index contributed by atoms with van der Waals surface area (Å²) in [6.45, 7) is 1.84. The van der Waals surface area contributed by atoms with Gasteiger partial charge in [-0.25, -0.2) is 9.78 Å². The summed E-state index contributed by atoms with van der Waals surface area (Å²) in [6, 6.07) is 1.42. The van der Waals surface area contributed by atoms with Gasteiger partial charge in [-0.1, -0.05) is 0 Å². The number of nitrogens with zero attached hydrogens (tertiary/aromatic N) is 4. The summed E-state index contributed by atoms with van der Waals surface area (Å²) in [5.41, 5.74) is -0.220. The largest absolute Gasteiger partial charge is 0.505 e. The molecule has 8 heteroatoms. The number of aromatic hydroxyl groups is 1. The maximum atomic E-state index is 12.3. The van der Waals surface area contributed by atoms with Crippen LogP contribution in [0.3, 0.4) is 0 Å². The molecule has 3 aromatic heterocycles. The van der Waals surface area contributed by atoms with Crippen molar-refractivity contribution in [3.05, 3.63) is 44.8 Å². The van der Waals surface area contributed by atoms with Crippen molar-refractivity contribution >= 4 is 11.2 Å². The van der Waals surface area contributed by atoms with Crippen molar-refractivity contribution in [3.63, 3.8) is 0 Å². The fraction of sp³-hybridized carbons (Fsp3) is 0.308. The van der Waals surface area contributed by atoms with Crippen LogP contribution in [0.2, 0.25) is 0 Å². The third-order valence-corrected chi connectivity index (χ3v) is 3.53. The lowest BCUT2D eigenvalue weighted by Crippen LogP contribution is -2.38. The highest BCUT2D eigenvalue weighted by Crippen LogP contribution is 2.16. The van der Waals surface area contributed by atoms with E-state index in [4.69, 9.17) is 4.42 Å². The molecule has 0 saturated heterocycles. The Morgan fingerprint density at radius 1 is 1.29 bits per heavy atom. The van der Waals surface area contributed by atoms with Crippen LogP contribution in [0.4, 0.5) is 0 Å². The summed E-state index contributed by atoms with van der Waals surface area (Å²) in [5, 5.41) is 9.30. The van der Waals surface area contributed by atoms with E-state index in [9.17, 15) is 14.7 Å². The normalized spacial score (nSPS) is 11.4. The minimum atomic E-state index is -0.485. The molecule has 8 nitrogen and oxygen atoms in total. The molecule has 0 spiro atoms. The lowest BCUT2D eigenvalue weighted by atomic mass is 10.4. The first kappa shape index (κ1) is 13.2. The number of rotatable bonds is 2. The highest BCUT2D eigenvalue weighted by atomic mass is 16.4.